The molecular weight excluding hydrogens is 504 g/mol. The first-order valence-corrected chi connectivity index (χ1v) is 12.0. The molecule has 2 aliphatic carbocycles. The first-order chi connectivity index (χ1) is 17.6. The fourth-order valence-corrected chi connectivity index (χ4v) is 5.10. The van der Waals surface area contributed by atoms with Crippen molar-refractivity contribution >= 4 is 22.4 Å². The van der Waals surface area contributed by atoms with E-state index < -0.39 is 4.92 Å². The van der Waals surface area contributed by atoms with Gasteiger partial charge in [-0.2, -0.15) is 0 Å². The fraction of sp³-hybridized carbons (Fsp3) is 0.129. The Labute approximate surface area is 230 Å². The number of carbonyl (C=O) groups is 1. The maximum Gasteiger partial charge on any atom is 0.269 e. The van der Waals surface area contributed by atoms with E-state index in [0.717, 1.165) is 27.8 Å². The van der Waals surface area contributed by atoms with Crippen molar-refractivity contribution in [1.82, 2.24) is 4.90 Å². The van der Waals surface area contributed by atoms with Crippen molar-refractivity contribution in [3.05, 3.63) is 152 Å². The van der Waals surface area contributed by atoms with Crippen molar-refractivity contribution in [3.8, 4) is 0 Å². The van der Waals surface area contributed by atoms with Crippen molar-refractivity contribution in [2.24, 2.45) is 5.92 Å². The Bertz CT molecular complexity index is 1210. The summed E-state index contributed by atoms with van der Waals surface area (Å²) < 4.78 is 0. The predicted molar refractivity (Wildman–Crippen MR) is 140 cm³/mol. The molecule has 0 aromatic heterocycles. The average Bonchev–Trinajstić information content (AvgIpc) is 3.65. The summed E-state index contributed by atoms with van der Waals surface area (Å²) in [6, 6.07) is 20.6. The zero-order valence-corrected chi connectivity index (χ0v) is 21.4. The monoisotopic (exact) mass is 530 g/mol. The quantitative estimate of drug-likeness (QED) is 0.165. The molecule has 2 saturated carbocycles. The van der Waals surface area contributed by atoms with E-state index in [9.17, 15) is 14.9 Å². The largest absolute Gasteiger partial charge is 0.328 e. The molecule has 10 radical (unpaired) electrons. The zero-order chi connectivity index (χ0) is 25.1. The summed E-state index contributed by atoms with van der Waals surface area (Å²) in [7, 11) is 0. The van der Waals surface area contributed by atoms with Crippen LogP contribution in [0.15, 0.2) is 66.7 Å². The van der Waals surface area contributed by atoms with Gasteiger partial charge in [0.1, 0.15) is 0 Å². The van der Waals surface area contributed by atoms with Gasteiger partial charge < -0.3 is 4.90 Å². The SMILES string of the molecule is C[C@H](c1cccc2ccccc12)N1C(=O)[C@H]([C]2[CH][CH][CH][CH]2)[C@@H]1c1ccc([N+](=O)[O-])cc1.[CH]1[CH][CH][CH][CH]1.[Fe]. The van der Waals surface area contributed by atoms with Crippen LogP contribution in [-0.4, -0.2) is 15.7 Å². The number of nitrogens with zero attached hydrogens (tertiary/aromatic N) is 2. The summed E-state index contributed by atoms with van der Waals surface area (Å²) in [4.78, 5) is 26.0. The number of hydrogen-bond donors (Lipinski definition) is 0. The molecule has 6 heteroatoms. The van der Waals surface area contributed by atoms with Crippen LogP contribution in [0.25, 0.3) is 10.8 Å². The van der Waals surface area contributed by atoms with Crippen LogP contribution >= 0.6 is 0 Å². The standard InChI is InChI=1S/C26H21N2O3.C5H5.Fe/c1-17(22-12-6-10-18-7-4-5-11-23(18)22)27-25(20-13-15-21(16-14-20)28(30)31)24(26(27)29)19-8-2-3-9-19;1-2-4-5-3-1;/h2-17,24-25H,1H3;1-5H;/t17-,24-,25+;;/m1../s1. The summed E-state index contributed by atoms with van der Waals surface area (Å²) in [5.74, 6) is 0.776. The Morgan fingerprint density at radius 1 is 0.811 bits per heavy atom. The maximum absolute atomic E-state index is 13.4. The maximum atomic E-state index is 13.4. The second-order valence-electron chi connectivity index (χ2n) is 8.94. The molecule has 1 heterocycles. The molecule has 1 saturated heterocycles. The van der Waals surface area contributed by atoms with Crippen LogP contribution in [0, 0.1) is 79.7 Å². The number of nitro benzene ring substituents is 1. The van der Waals surface area contributed by atoms with Gasteiger partial charge in [-0.05, 0) is 92.5 Å². The Morgan fingerprint density at radius 3 is 2.03 bits per heavy atom. The second-order valence-corrected chi connectivity index (χ2v) is 8.94. The normalized spacial score (nSPS) is 22.1. The van der Waals surface area contributed by atoms with E-state index in [0.29, 0.717) is 0 Å². The van der Waals surface area contributed by atoms with Crippen molar-refractivity contribution in [3.63, 3.8) is 0 Å². The van der Waals surface area contributed by atoms with Gasteiger partial charge in [-0.25, -0.2) is 0 Å². The number of non-ortho nitro benzene ring substituents is 1. The molecule has 3 aromatic rings. The van der Waals surface area contributed by atoms with Crippen molar-refractivity contribution in [1.29, 1.82) is 0 Å². The summed E-state index contributed by atoms with van der Waals surface area (Å²) in [6.07, 6.45) is 17.8. The van der Waals surface area contributed by atoms with E-state index in [1.807, 2.05) is 80.9 Å². The Morgan fingerprint density at radius 2 is 1.41 bits per heavy atom. The molecule has 1 amide bonds. The van der Waals surface area contributed by atoms with E-state index in [4.69, 9.17) is 0 Å². The van der Waals surface area contributed by atoms with E-state index in [1.165, 1.54) is 12.1 Å². The molecule has 0 bridgehead atoms. The summed E-state index contributed by atoms with van der Waals surface area (Å²) in [5, 5.41) is 13.4. The minimum Gasteiger partial charge on any atom is -0.328 e. The number of likely N-dealkylation sites (tertiary alicyclic amines) is 1. The smallest absolute Gasteiger partial charge is 0.269 e. The van der Waals surface area contributed by atoms with Crippen LogP contribution in [0.2, 0.25) is 0 Å². The van der Waals surface area contributed by atoms with Crippen molar-refractivity contribution in [2.45, 2.75) is 19.0 Å². The second kappa shape index (κ2) is 12.2. The van der Waals surface area contributed by atoms with Gasteiger partial charge in [-0.3, -0.25) is 14.9 Å². The molecule has 1 aliphatic heterocycles. The average molecular weight is 530 g/mol. The number of hydrogen-bond acceptors (Lipinski definition) is 3. The first kappa shape index (κ1) is 27.3. The first-order valence-electron chi connectivity index (χ1n) is 12.0. The predicted octanol–water partition coefficient (Wildman–Crippen LogP) is 6.43. The fourth-order valence-electron chi connectivity index (χ4n) is 5.10. The van der Waals surface area contributed by atoms with Gasteiger partial charge in [0.05, 0.1) is 22.9 Å². The number of nitro groups is 1. The van der Waals surface area contributed by atoms with E-state index in [2.05, 4.69) is 31.2 Å². The van der Waals surface area contributed by atoms with E-state index in [1.54, 1.807) is 12.1 Å². The Balaban J connectivity index is 0.000000479. The number of fused-ring (bicyclic) bond motifs is 1. The van der Waals surface area contributed by atoms with Gasteiger partial charge in [0.25, 0.3) is 5.69 Å². The number of carbonyl (C=O) groups excluding carboxylic acids is 1. The number of rotatable bonds is 5. The molecular formula is C31H26FeN2O3. The van der Waals surface area contributed by atoms with Gasteiger partial charge in [0.2, 0.25) is 5.91 Å². The minimum absolute atomic E-state index is 0. The molecule has 5 nitrogen and oxygen atoms in total. The summed E-state index contributed by atoms with van der Waals surface area (Å²) >= 11 is 0. The van der Waals surface area contributed by atoms with Gasteiger partial charge >= 0.3 is 0 Å². The van der Waals surface area contributed by atoms with Crippen LogP contribution in [-0.2, 0) is 21.9 Å². The Kier molecular flexibility index (Phi) is 9.04. The van der Waals surface area contributed by atoms with Gasteiger partial charge in [-0.15, -0.1) is 0 Å². The third-order valence-electron chi connectivity index (χ3n) is 6.88. The van der Waals surface area contributed by atoms with Crippen LogP contribution in [0.5, 0.6) is 0 Å². The molecule has 186 valence electrons. The third kappa shape index (κ3) is 5.61. The number of β-lactam (4-membered cyclic amide) rings is 1. The molecule has 0 spiro atoms. The molecule has 37 heavy (non-hydrogen) atoms. The minimum atomic E-state index is -0.402. The van der Waals surface area contributed by atoms with Crippen molar-refractivity contribution < 1.29 is 26.8 Å². The molecule has 0 unspecified atom stereocenters. The third-order valence-corrected chi connectivity index (χ3v) is 6.88. The summed E-state index contributed by atoms with van der Waals surface area (Å²) in [5.41, 5.74) is 2.05. The Hall–Kier alpha value is -2.69. The van der Waals surface area contributed by atoms with Gasteiger partial charge in [0.15, 0.2) is 0 Å². The number of amides is 1. The molecule has 3 aliphatic rings. The van der Waals surface area contributed by atoms with Crippen molar-refractivity contribution in [2.75, 3.05) is 0 Å². The zero-order valence-electron chi connectivity index (χ0n) is 20.3. The topological polar surface area (TPSA) is 63.5 Å². The van der Waals surface area contributed by atoms with Gasteiger partial charge in [-0.1, -0.05) is 54.6 Å². The van der Waals surface area contributed by atoms with Crippen LogP contribution in [0.1, 0.15) is 30.1 Å². The molecule has 0 N–H and O–H groups in total. The molecule has 3 atom stereocenters. The van der Waals surface area contributed by atoms with Crippen LogP contribution in [0.4, 0.5) is 5.69 Å². The van der Waals surface area contributed by atoms with Crippen LogP contribution in [0.3, 0.4) is 0 Å². The van der Waals surface area contributed by atoms with Crippen LogP contribution < -0.4 is 0 Å². The van der Waals surface area contributed by atoms with E-state index >= 15 is 0 Å². The number of benzene rings is 3. The van der Waals surface area contributed by atoms with Gasteiger partial charge in [0, 0.05) is 29.2 Å². The van der Waals surface area contributed by atoms with E-state index in [-0.39, 0.29) is 46.7 Å². The summed E-state index contributed by atoms with van der Waals surface area (Å²) in [6.45, 7) is 2.05. The molecule has 3 fully saturated rings. The molecule has 3 aromatic carbocycles. The molecule has 6 rings (SSSR count).